The van der Waals surface area contributed by atoms with Gasteiger partial charge in [-0.15, -0.1) is 7.77 Å². The quantitative estimate of drug-likeness (QED) is 0.262. The first kappa shape index (κ1) is 30.8. The summed E-state index contributed by atoms with van der Waals surface area (Å²) in [6, 6.07) is 15.4. The Labute approximate surface area is 238 Å². The molecule has 4 rings (SSSR count). The number of anilines is 1. The van der Waals surface area contributed by atoms with Crippen molar-refractivity contribution in [1.82, 2.24) is 20.2 Å². The van der Waals surface area contributed by atoms with Crippen LogP contribution in [0, 0.1) is 6.92 Å². The number of methoxy groups -OCH3 is 1. The SMILES string of the molecule is CC.COC1(CO)CCC(c2cc(N(SF)SF)[nH]ncc(-c3ccc(-c4ccccc4)nc3)c(C)n2)CC1. The van der Waals surface area contributed by atoms with E-state index in [0.29, 0.717) is 37.1 Å². The molecule has 1 saturated carbocycles. The number of hydrogen-bond acceptors (Lipinski definition) is 8. The van der Waals surface area contributed by atoms with Crippen molar-refractivity contribution >= 4 is 30.5 Å². The van der Waals surface area contributed by atoms with Gasteiger partial charge in [0.25, 0.3) is 0 Å². The number of H-pyrrole nitrogens is 1. The van der Waals surface area contributed by atoms with Crippen molar-refractivity contribution in [3.63, 3.8) is 0 Å². The number of aromatic nitrogens is 4. The predicted molar refractivity (Wildman–Crippen MR) is 157 cm³/mol. The van der Waals surface area contributed by atoms with Gasteiger partial charge in [0.2, 0.25) is 0 Å². The van der Waals surface area contributed by atoms with Gasteiger partial charge in [0.15, 0.2) is 24.7 Å². The fraction of sp³-hybridized carbons (Fsp3) is 0.393. The van der Waals surface area contributed by atoms with E-state index in [0.717, 1.165) is 26.1 Å². The molecule has 0 spiro atoms. The van der Waals surface area contributed by atoms with Gasteiger partial charge in [-0.3, -0.25) is 15.1 Å². The predicted octanol–water partition coefficient (Wildman–Crippen LogP) is 7.90. The number of aliphatic hydroxyl groups is 1. The van der Waals surface area contributed by atoms with E-state index in [2.05, 4.69) is 15.2 Å². The van der Waals surface area contributed by atoms with Gasteiger partial charge in [0.05, 0.1) is 24.1 Å². The minimum Gasteiger partial charge on any atom is -0.393 e. The third-order valence-electron chi connectivity index (χ3n) is 6.85. The number of aryl methyl sites for hydroxylation is 1. The highest BCUT2D eigenvalue weighted by atomic mass is 32.3. The van der Waals surface area contributed by atoms with Crippen molar-refractivity contribution < 1.29 is 17.6 Å². The van der Waals surface area contributed by atoms with Crippen molar-refractivity contribution in [2.45, 2.75) is 58.0 Å². The molecule has 1 fully saturated rings. The lowest BCUT2D eigenvalue weighted by Gasteiger charge is -2.37. The molecule has 1 aromatic carbocycles. The first-order valence-electron chi connectivity index (χ1n) is 12.9. The van der Waals surface area contributed by atoms with Gasteiger partial charge in [-0.1, -0.05) is 50.2 Å². The molecule has 1 aliphatic carbocycles. The summed E-state index contributed by atoms with van der Waals surface area (Å²) in [6.45, 7) is 5.83. The van der Waals surface area contributed by atoms with E-state index in [9.17, 15) is 12.9 Å². The Morgan fingerprint density at radius 1 is 1.05 bits per heavy atom. The molecule has 0 atom stereocenters. The highest BCUT2D eigenvalue weighted by Crippen LogP contribution is 2.40. The average molecular weight is 576 g/mol. The van der Waals surface area contributed by atoms with Crippen LogP contribution >= 0.6 is 24.7 Å². The maximum atomic E-state index is 13.5. The molecule has 210 valence electrons. The van der Waals surface area contributed by atoms with Gasteiger partial charge >= 0.3 is 0 Å². The van der Waals surface area contributed by atoms with Crippen LogP contribution in [0.15, 0.2) is 60.9 Å². The molecule has 7 nitrogen and oxygen atoms in total. The van der Waals surface area contributed by atoms with Crippen LogP contribution in [0.2, 0.25) is 0 Å². The third kappa shape index (κ3) is 7.69. The van der Waals surface area contributed by atoms with Gasteiger partial charge < -0.3 is 9.84 Å². The summed E-state index contributed by atoms with van der Waals surface area (Å²) in [5.41, 5.74) is 4.21. The van der Waals surface area contributed by atoms with E-state index in [1.807, 2.05) is 63.2 Å². The summed E-state index contributed by atoms with van der Waals surface area (Å²) in [5.74, 6) is 0.128. The minimum absolute atomic E-state index is 0.00980. The molecule has 1 aliphatic rings. The molecule has 0 unspecified atom stereocenters. The van der Waals surface area contributed by atoms with E-state index in [1.165, 1.54) is 0 Å². The molecule has 2 aromatic heterocycles. The van der Waals surface area contributed by atoms with E-state index < -0.39 is 5.60 Å². The Kier molecular flexibility index (Phi) is 12.0. The second-order valence-corrected chi connectivity index (χ2v) is 10.2. The zero-order valence-corrected chi connectivity index (χ0v) is 24.2. The Hall–Kier alpha value is -2.73. The maximum Gasteiger partial charge on any atom is 0.179 e. The number of ether oxygens (including phenoxy) is 1. The molecule has 0 bridgehead atoms. The monoisotopic (exact) mass is 575 g/mol. The van der Waals surface area contributed by atoms with E-state index in [4.69, 9.17) is 9.72 Å². The van der Waals surface area contributed by atoms with Gasteiger partial charge in [0.1, 0.15) is 5.82 Å². The molecular weight excluding hydrogens is 540 g/mol. The molecular formula is C28H35F2N5O2S2. The normalized spacial score (nSPS) is 18.5. The molecule has 0 saturated heterocycles. The lowest BCUT2D eigenvalue weighted by molar-refractivity contribution is -0.0784. The number of nitrogens with one attached hydrogen (secondary N) is 1. The number of hydrogen-bond donors (Lipinski definition) is 2. The minimum atomic E-state index is -0.568. The zero-order valence-electron chi connectivity index (χ0n) is 22.6. The summed E-state index contributed by atoms with van der Waals surface area (Å²) < 4.78 is 33.3. The molecule has 11 heteroatoms. The first-order valence-corrected chi connectivity index (χ1v) is 14.2. The maximum absolute atomic E-state index is 13.5. The third-order valence-corrected chi connectivity index (χ3v) is 7.83. The standard InChI is InChI=1S/C26H29F2N5O2S2.C2H6/c1-18-22(21-8-9-23(29-15-21)19-6-4-3-5-7-19)16-30-32-25(33(36-27)37-28)14-24(31-18)20-10-12-26(17-34,35-2)13-11-20;1-2/h3-9,14-16,20,32,34H,10-13,17H2,1-2H3;1-2H3. The van der Waals surface area contributed by atoms with Gasteiger partial charge in [-0.05, 0) is 38.7 Å². The summed E-state index contributed by atoms with van der Waals surface area (Å²) >= 11 is -0.525. The number of benzene rings is 1. The van der Waals surface area contributed by atoms with E-state index in [-0.39, 0.29) is 43.0 Å². The largest absolute Gasteiger partial charge is 0.393 e. The zero-order chi connectivity index (χ0) is 28.3. The van der Waals surface area contributed by atoms with Crippen LogP contribution in [-0.4, -0.2) is 44.6 Å². The fourth-order valence-corrected chi connectivity index (χ4v) is 5.01. The number of nitrogens with zero attached hydrogens (tertiary/aromatic N) is 4. The van der Waals surface area contributed by atoms with Crippen LogP contribution in [-0.2, 0) is 4.74 Å². The highest BCUT2D eigenvalue weighted by molar-refractivity contribution is 8.13. The van der Waals surface area contributed by atoms with Crippen molar-refractivity contribution in [2.75, 3.05) is 17.4 Å². The van der Waals surface area contributed by atoms with Crippen molar-refractivity contribution in [1.29, 1.82) is 0 Å². The van der Waals surface area contributed by atoms with Gasteiger partial charge in [0, 0.05) is 53.4 Å². The highest BCUT2D eigenvalue weighted by Gasteiger charge is 2.35. The lowest BCUT2D eigenvalue weighted by Crippen LogP contribution is -2.39. The van der Waals surface area contributed by atoms with Crippen molar-refractivity contribution in [3.05, 3.63) is 72.3 Å². The topological polar surface area (TPSA) is 87.2 Å². The Morgan fingerprint density at radius 3 is 2.31 bits per heavy atom. The average Bonchev–Trinajstić information content (AvgIpc) is 3.08. The van der Waals surface area contributed by atoms with E-state index in [1.54, 1.807) is 25.6 Å². The second kappa shape index (κ2) is 15.2. The molecule has 0 aliphatic heterocycles. The van der Waals surface area contributed by atoms with Crippen LogP contribution in [0.4, 0.5) is 13.6 Å². The van der Waals surface area contributed by atoms with Crippen LogP contribution in [0.25, 0.3) is 22.4 Å². The Bertz CT molecular complexity index is 1210. The van der Waals surface area contributed by atoms with Gasteiger partial charge in [-0.25, -0.2) is 0 Å². The Morgan fingerprint density at radius 2 is 1.74 bits per heavy atom. The van der Waals surface area contributed by atoms with Crippen LogP contribution in [0.3, 0.4) is 0 Å². The van der Waals surface area contributed by atoms with Crippen molar-refractivity contribution in [3.8, 4) is 22.4 Å². The summed E-state index contributed by atoms with van der Waals surface area (Å²) in [5, 5.41) is 16.8. The van der Waals surface area contributed by atoms with Crippen LogP contribution in [0.1, 0.15) is 56.8 Å². The van der Waals surface area contributed by atoms with Crippen molar-refractivity contribution in [2.24, 2.45) is 0 Å². The molecule has 0 radical (unpaired) electrons. The smallest absolute Gasteiger partial charge is 0.179 e. The number of rotatable bonds is 8. The summed E-state index contributed by atoms with van der Waals surface area (Å²) in [4.78, 5) is 9.55. The van der Waals surface area contributed by atoms with Crippen LogP contribution in [0.5, 0.6) is 0 Å². The number of halogens is 2. The second-order valence-electron chi connectivity index (χ2n) is 8.95. The molecule has 3 aromatic rings. The molecule has 2 heterocycles. The van der Waals surface area contributed by atoms with Gasteiger partial charge in [-0.2, -0.15) is 8.81 Å². The number of aliphatic hydroxyl groups excluding tert-OH is 1. The molecule has 0 amide bonds. The first-order chi connectivity index (χ1) is 19.0. The summed E-state index contributed by atoms with van der Waals surface area (Å²) in [7, 11) is 1.61. The number of aromatic amines is 1. The lowest BCUT2D eigenvalue weighted by atomic mass is 9.77. The molecule has 2 N–H and O–H groups in total. The number of pyridine rings is 1. The van der Waals surface area contributed by atoms with E-state index >= 15 is 0 Å². The summed E-state index contributed by atoms with van der Waals surface area (Å²) in [6.07, 6.45) is 6.07. The Balaban J connectivity index is 0.00000205. The van der Waals surface area contributed by atoms with Crippen LogP contribution < -0.4 is 3.71 Å². The fourth-order valence-electron chi connectivity index (χ4n) is 4.59. The molecule has 39 heavy (non-hydrogen) atoms.